The number of thiol groups is 1. The molecule has 0 bridgehead atoms. The fourth-order valence-electron chi connectivity index (χ4n) is 0.585. The van der Waals surface area contributed by atoms with E-state index in [-0.39, 0.29) is 0 Å². The van der Waals surface area contributed by atoms with Gasteiger partial charge in [-0.25, -0.2) is 4.57 Å². The van der Waals surface area contributed by atoms with Crippen LogP contribution in [-0.2, 0) is 13.6 Å². The first-order valence-electron chi connectivity index (χ1n) is 3.65. The Balaban J connectivity index is 3.31. The first kappa shape index (κ1) is 11.5. The van der Waals surface area contributed by atoms with Crippen molar-refractivity contribution >= 4 is 19.0 Å². The van der Waals surface area contributed by atoms with Gasteiger partial charge >= 0.3 is 6.80 Å². The minimum absolute atomic E-state index is 0.461. The Morgan fingerprint density at radius 2 is 2.09 bits per heavy atom. The van der Waals surface area contributed by atoms with E-state index in [1.54, 1.807) is 0 Å². The Labute approximate surface area is 73.2 Å². The lowest BCUT2D eigenvalue weighted by Gasteiger charge is -2.08. The van der Waals surface area contributed by atoms with E-state index >= 15 is 0 Å². The maximum Gasteiger partial charge on any atom is 0.385 e. The average Bonchev–Trinajstić information content (AvgIpc) is 1.99. The molecule has 0 aliphatic rings. The van der Waals surface area contributed by atoms with Crippen molar-refractivity contribution < 1.29 is 13.6 Å². The summed E-state index contributed by atoms with van der Waals surface area (Å²) >= 11 is 3.70. The molecule has 0 heterocycles. The summed E-state index contributed by atoms with van der Waals surface area (Å²) in [5, 5.41) is 0. The minimum Gasteiger partial charge on any atom is -0.304 e. The van der Waals surface area contributed by atoms with Gasteiger partial charge in [0.2, 0.25) is 0 Å². The van der Waals surface area contributed by atoms with Gasteiger partial charge in [-0.15, -0.1) is 0 Å². The van der Waals surface area contributed by atoms with E-state index in [0.717, 1.165) is 19.3 Å². The largest absolute Gasteiger partial charge is 0.385 e. The normalized spacial score (nSPS) is 16.3. The lowest BCUT2D eigenvalue weighted by Crippen LogP contribution is -1.90. The molecule has 0 rings (SSSR count). The van der Waals surface area contributed by atoms with Crippen LogP contribution in [0, 0.1) is 0 Å². The summed E-state index contributed by atoms with van der Waals surface area (Å²) in [6.07, 6.45) is 3.11. The molecule has 0 aliphatic heterocycles. The van der Waals surface area contributed by atoms with E-state index in [2.05, 4.69) is 23.7 Å². The van der Waals surface area contributed by atoms with E-state index in [1.807, 2.05) is 0 Å². The van der Waals surface area contributed by atoms with Gasteiger partial charge in [0.25, 0.3) is 0 Å². The van der Waals surface area contributed by atoms with Crippen LogP contribution in [0.25, 0.3) is 0 Å². The van der Waals surface area contributed by atoms with Crippen molar-refractivity contribution in [2.45, 2.75) is 26.2 Å². The highest BCUT2D eigenvalue weighted by molar-refractivity contribution is 8.44. The Hall–Kier alpha value is 0.500. The molecule has 0 N–H and O–H groups in total. The van der Waals surface area contributed by atoms with Gasteiger partial charge < -0.3 is 9.05 Å². The zero-order valence-electron chi connectivity index (χ0n) is 6.95. The van der Waals surface area contributed by atoms with E-state index in [0.29, 0.717) is 6.61 Å². The van der Waals surface area contributed by atoms with Gasteiger partial charge in [-0.2, -0.15) is 0 Å². The molecule has 0 spiro atoms. The molecule has 0 amide bonds. The van der Waals surface area contributed by atoms with Crippen molar-refractivity contribution in [2.75, 3.05) is 13.7 Å². The topological polar surface area (TPSA) is 35.5 Å². The maximum absolute atomic E-state index is 11.0. The van der Waals surface area contributed by atoms with Gasteiger partial charge in [0.05, 0.1) is 6.61 Å². The molecule has 0 aromatic rings. The molecule has 0 aromatic heterocycles. The fourth-order valence-corrected chi connectivity index (χ4v) is 1.29. The highest BCUT2D eigenvalue weighted by Gasteiger charge is 2.14. The molecule has 0 aromatic carbocycles. The Morgan fingerprint density at radius 3 is 2.55 bits per heavy atom. The molecule has 0 radical (unpaired) electrons. The molecule has 0 saturated heterocycles. The minimum atomic E-state index is -3.02. The highest BCUT2D eigenvalue weighted by Crippen LogP contribution is 2.51. The van der Waals surface area contributed by atoms with Crippen LogP contribution in [0.1, 0.15) is 26.2 Å². The molecule has 0 saturated carbocycles. The number of rotatable bonds is 6. The molecule has 5 heteroatoms. The third-order valence-electron chi connectivity index (χ3n) is 1.23. The van der Waals surface area contributed by atoms with E-state index in [4.69, 9.17) is 4.52 Å². The number of hydrogen-bond acceptors (Lipinski definition) is 3. The van der Waals surface area contributed by atoms with Crippen LogP contribution in [-0.4, -0.2) is 13.7 Å². The van der Waals surface area contributed by atoms with Gasteiger partial charge in [0, 0.05) is 7.11 Å². The molecular weight excluding hydrogens is 183 g/mol. The van der Waals surface area contributed by atoms with Crippen LogP contribution in [0.4, 0.5) is 0 Å². The summed E-state index contributed by atoms with van der Waals surface area (Å²) in [5.41, 5.74) is 0. The summed E-state index contributed by atoms with van der Waals surface area (Å²) in [4.78, 5) is 0. The summed E-state index contributed by atoms with van der Waals surface area (Å²) < 4.78 is 20.4. The third kappa shape index (κ3) is 6.88. The predicted molar refractivity (Wildman–Crippen MR) is 49.1 cm³/mol. The first-order chi connectivity index (χ1) is 5.12. The zero-order valence-corrected chi connectivity index (χ0v) is 8.74. The molecule has 11 heavy (non-hydrogen) atoms. The summed E-state index contributed by atoms with van der Waals surface area (Å²) in [5.74, 6) is 0. The zero-order chi connectivity index (χ0) is 8.74. The van der Waals surface area contributed by atoms with E-state index in [9.17, 15) is 4.57 Å². The van der Waals surface area contributed by atoms with Gasteiger partial charge in [0.15, 0.2) is 0 Å². The fraction of sp³-hybridized carbons (Fsp3) is 1.00. The van der Waals surface area contributed by atoms with Gasteiger partial charge in [0.1, 0.15) is 0 Å². The van der Waals surface area contributed by atoms with E-state index in [1.165, 1.54) is 7.11 Å². The molecule has 1 atom stereocenters. The van der Waals surface area contributed by atoms with E-state index < -0.39 is 6.80 Å². The molecule has 68 valence electrons. The smallest absolute Gasteiger partial charge is 0.304 e. The van der Waals surface area contributed by atoms with Crippen LogP contribution in [0.3, 0.4) is 0 Å². The van der Waals surface area contributed by atoms with Gasteiger partial charge in [-0.3, -0.25) is 0 Å². The SMILES string of the molecule is CCCCCOP(=O)(S)OC. The Kier molecular flexibility index (Phi) is 6.34. The van der Waals surface area contributed by atoms with Crippen molar-refractivity contribution in [3.63, 3.8) is 0 Å². The third-order valence-corrected chi connectivity index (χ3v) is 3.04. The van der Waals surface area contributed by atoms with Crippen LogP contribution in [0.5, 0.6) is 0 Å². The van der Waals surface area contributed by atoms with Crippen molar-refractivity contribution in [3.05, 3.63) is 0 Å². The van der Waals surface area contributed by atoms with Crippen molar-refractivity contribution in [1.29, 1.82) is 0 Å². The molecule has 0 aliphatic carbocycles. The average molecular weight is 198 g/mol. The standard InChI is InChI=1S/C6H15O3PS/c1-3-4-5-6-9-10(7,11)8-2/h3-6H2,1-2H3,(H,7,11). The van der Waals surface area contributed by atoms with Gasteiger partial charge in [-0.05, 0) is 6.42 Å². The lowest BCUT2D eigenvalue weighted by atomic mass is 10.3. The number of hydrogen-bond donors (Lipinski definition) is 1. The number of unbranched alkanes of at least 4 members (excludes halogenated alkanes) is 2. The molecule has 3 nitrogen and oxygen atoms in total. The molecule has 1 unspecified atom stereocenters. The van der Waals surface area contributed by atoms with Gasteiger partial charge in [-0.1, -0.05) is 32.0 Å². The molecular formula is C6H15O3PS. The summed E-state index contributed by atoms with van der Waals surface area (Å²) in [7, 11) is 1.33. The van der Waals surface area contributed by atoms with Crippen molar-refractivity contribution in [1.82, 2.24) is 0 Å². The van der Waals surface area contributed by atoms with Crippen LogP contribution >= 0.6 is 19.0 Å². The quantitative estimate of drug-likeness (QED) is 0.405. The van der Waals surface area contributed by atoms with Crippen LogP contribution in [0.2, 0.25) is 0 Å². The second-order valence-corrected chi connectivity index (χ2v) is 5.22. The Morgan fingerprint density at radius 1 is 1.45 bits per heavy atom. The Bertz CT molecular complexity index is 140. The monoisotopic (exact) mass is 198 g/mol. The lowest BCUT2D eigenvalue weighted by molar-refractivity contribution is 0.245. The summed E-state index contributed by atoms with van der Waals surface area (Å²) in [6.45, 7) is -0.465. The highest BCUT2D eigenvalue weighted by atomic mass is 32.7. The predicted octanol–water partition coefficient (Wildman–Crippen LogP) is 2.88. The first-order valence-corrected chi connectivity index (χ1v) is 6.35. The maximum atomic E-state index is 11.0. The van der Waals surface area contributed by atoms with Crippen molar-refractivity contribution in [3.8, 4) is 0 Å². The second-order valence-electron chi connectivity index (χ2n) is 2.19. The second kappa shape index (κ2) is 6.06. The van der Waals surface area contributed by atoms with Crippen LogP contribution < -0.4 is 0 Å². The summed E-state index contributed by atoms with van der Waals surface area (Å²) in [6, 6.07) is 0. The van der Waals surface area contributed by atoms with Crippen LogP contribution in [0.15, 0.2) is 0 Å². The molecule has 0 fully saturated rings. The van der Waals surface area contributed by atoms with Crippen molar-refractivity contribution in [2.24, 2.45) is 0 Å².